The van der Waals surface area contributed by atoms with Gasteiger partial charge in [0.2, 0.25) is 5.91 Å². The van der Waals surface area contributed by atoms with Crippen molar-refractivity contribution in [2.75, 3.05) is 23.7 Å². The number of phenolic OH excluding ortho intramolecular Hbond substituents is 1. The Kier molecular flexibility index (Phi) is 5.52. The third-order valence-electron chi connectivity index (χ3n) is 4.26. The highest BCUT2D eigenvalue weighted by atomic mass is 32.2. The predicted octanol–water partition coefficient (Wildman–Crippen LogP) is 1.89. The van der Waals surface area contributed by atoms with Crippen LogP contribution in [0.1, 0.15) is 12.8 Å². The number of anilines is 2. The maximum Gasteiger partial charge on any atom is 0.262 e. The smallest absolute Gasteiger partial charge is 0.262 e. The van der Waals surface area contributed by atoms with Crippen molar-refractivity contribution in [2.24, 2.45) is 0 Å². The monoisotopic (exact) mass is 391 g/mol. The molecule has 4 N–H and O–H groups in total. The van der Waals surface area contributed by atoms with Gasteiger partial charge in [-0.15, -0.1) is 0 Å². The summed E-state index contributed by atoms with van der Waals surface area (Å²) in [5, 5.41) is 15.6. The molecule has 1 amide bonds. The minimum Gasteiger partial charge on any atom is -0.506 e. The van der Waals surface area contributed by atoms with E-state index in [1.807, 2.05) is 0 Å². The van der Waals surface area contributed by atoms with E-state index in [4.69, 9.17) is 4.74 Å². The highest BCUT2D eigenvalue weighted by molar-refractivity contribution is 7.92. The number of nitrogens with one attached hydrogen (secondary N) is 3. The Morgan fingerprint density at radius 3 is 2.70 bits per heavy atom. The van der Waals surface area contributed by atoms with Crippen LogP contribution in [0.2, 0.25) is 0 Å². The van der Waals surface area contributed by atoms with Crippen LogP contribution < -0.4 is 20.1 Å². The van der Waals surface area contributed by atoms with Crippen LogP contribution in [0.4, 0.5) is 11.4 Å². The van der Waals surface area contributed by atoms with E-state index in [9.17, 15) is 18.3 Å². The number of amides is 1. The second-order valence-electron chi connectivity index (χ2n) is 6.12. The number of rotatable bonds is 6. The molecule has 8 nitrogen and oxygen atoms in total. The molecule has 1 fully saturated rings. The largest absolute Gasteiger partial charge is 0.506 e. The van der Waals surface area contributed by atoms with Crippen molar-refractivity contribution in [3.8, 4) is 11.5 Å². The lowest BCUT2D eigenvalue weighted by Gasteiger charge is -2.15. The zero-order chi connectivity index (χ0) is 19.4. The van der Waals surface area contributed by atoms with E-state index in [-0.39, 0.29) is 34.0 Å². The Labute approximate surface area is 157 Å². The Morgan fingerprint density at radius 1 is 1.22 bits per heavy atom. The fraction of sp³-hybridized carbons (Fsp3) is 0.278. The summed E-state index contributed by atoms with van der Waals surface area (Å²) in [6.45, 7) is 0.751. The first-order chi connectivity index (χ1) is 12.9. The summed E-state index contributed by atoms with van der Waals surface area (Å²) >= 11 is 0. The average molecular weight is 391 g/mol. The molecule has 0 saturated carbocycles. The van der Waals surface area contributed by atoms with E-state index in [0.717, 1.165) is 13.0 Å². The van der Waals surface area contributed by atoms with Crippen molar-refractivity contribution in [2.45, 2.75) is 23.8 Å². The number of phenols is 1. The number of sulfonamides is 1. The minimum atomic E-state index is -3.95. The van der Waals surface area contributed by atoms with E-state index in [1.165, 1.54) is 25.3 Å². The van der Waals surface area contributed by atoms with Crippen molar-refractivity contribution in [1.82, 2.24) is 5.32 Å². The van der Waals surface area contributed by atoms with E-state index in [1.54, 1.807) is 24.3 Å². The van der Waals surface area contributed by atoms with Crippen LogP contribution in [0.5, 0.6) is 11.5 Å². The Hall–Kier alpha value is -2.78. The molecule has 2 aromatic rings. The first-order valence-electron chi connectivity index (χ1n) is 8.44. The quantitative estimate of drug-likeness (QED) is 0.559. The molecular weight excluding hydrogens is 370 g/mol. The van der Waals surface area contributed by atoms with Crippen molar-refractivity contribution in [3.05, 3.63) is 42.5 Å². The van der Waals surface area contributed by atoms with Gasteiger partial charge < -0.3 is 20.5 Å². The second kappa shape index (κ2) is 7.85. The number of carbonyl (C=O) groups is 1. The maximum atomic E-state index is 12.7. The molecule has 0 radical (unpaired) electrons. The van der Waals surface area contributed by atoms with E-state index >= 15 is 0 Å². The van der Waals surface area contributed by atoms with Crippen LogP contribution in [0, 0.1) is 0 Å². The SMILES string of the molecule is COc1ccccc1NS(=O)(=O)c1ccc(O)c(NC(=O)C2CCCN2)c1. The third kappa shape index (κ3) is 4.32. The van der Waals surface area contributed by atoms with Crippen LogP contribution >= 0.6 is 0 Å². The molecule has 1 atom stereocenters. The first-order valence-corrected chi connectivity index (χ1v) is 9.92. The zero-order valence-electron chi connectivity index (χ0n) is 14.7. The molecular formula is C18H21N3O5S. The summed E-state index contributed by atoms with van der Waals surface area (Å²) in [7, 11) is -2.51. The summed E-state index contributed by atoms with van der Waals surface area (Å²) in [5.41, 5.74) is 0.324. The molecule has 1 aliphatic heterocycles. The Balaban J connectivity index is 1.84. The molecule has 3 rings (SSSR count). The van der Waals surface area contributed by atoms with Gasteiger partial charge in [-0.2, -0.15) is 0 Å². The summed E-state index contributed by atoms with van der Waals surface area (Å²) in [6, 6.07) is 9.97. The first kappa shape index (κ1) is 19.0. The lowest BCUT2D eigenvalue weighted by atomic mass is 10.2. The molecule has 144 valence electrons. The van der Waals surface area contributed by atoms with Gasteiger partial charge >= 0.3 is 0 Å². The lowest BCUT2D eigenvalue weighted by molar-refractivity contribution is -0.117. The van der Waals surface area contributed by atoms with Gasteiger partial charge in [0.25, 0.3) is 10.0 Å². The second-order valence-corrected chi connectivity index (χ2v) is 7.81. The van der Waals surface area contributed by atoms with E-state index in [0.29, 0.717) is 12.2 Å². The van der Waals surface area contributed by atoms with Gasteiger partial charge in [-0.1, -0.05) is 12.1 Å². The van der Waals surface area contributed by atoms with Gasteiger partial charge in [-0.05, 0) is 49.7 Å². The molecule has 27 heavy (non-hydrogen) atoms. The van der Waals surface area contributed by atoms with Gasteiger partial charge in [0, 0.05) is 0 Å². The van der Waals surface area contributed by atoms with E-state index in [2.05, 4.69) is 15.4 Å². The van der Waals surface area contributed by atoms with Gasteiger partial charge in [-0.3, -0.25) is 9.52 Å². The summed E-state index contributed by atoms with van der Waals surface area (Å²) in [5.74, 6) is -0.145. The van der Waals surface area contributed by atoms with Crippen molar-refractivity contribution < 1.29 is 23.1 Å². The Bertz CT molecular complexity index is 940. The lowest BCUT2D eigenvalue weighted by Crippen LogP contribution is -2.35. The predicted molar refractivity (Wildman–Crippen MR) is 102 cm³/mol. The standard InChI is InChI=1S/C18H21N3O5S/c1-26-17-7-3-2-5-13(17)21-27(24,25)12-8-9-16(22)15(11-12)20-18(23)14-6-4-10-19-14/h2-3,5,7-9,11,14,19,21-22H,4,6,10H2,1H3,(H,20,23). The average Bonchev–Trinajstić information content (AvgIpc) is 3.18. The van der Waals surface area contributed by atoms with Gasteiger partial charge in [0.05, 0.1) is 29.4 Å². The van der Waals surface area contributed by atoms with Crippen LogP contribution in [-0.2, 0) is 14.8 Å². The van der Waals surface area contributed by atoms with Crippen LogP contribution in [-0.4, -0.2) is 39.1 Å². The van der Waals surface area contributed by atoms with Crippen LogP contribution in [0.25, 0.3) is 0 Å². The molecule has 0 aromatic heterocycles. The fourth-order valence-corrected chi connectivity index (χ4v) is 3.94. The number of hydrogen-bond acceptors (Lipinski definition) is 6. The van der Waals surface area contributed by atoms with Crippen LogP contribution in [0.3, 0.4) is 0 Å². The molecule has 0 bridgehead atoms. The number of hydrogen-bond donors (Lipinski definition) is 4. The number of aromatic hydroxyl groups is 1. The van der Waals surface area contributed by atoms with Crippen molar-refractivity contribution in [3.63, 3.8) is 0 Å². The fourth-order valence-electron chi connectivity index (χ4n) is 2.84. The summed E-state index contributed by atoms with van der Waals surface area (Å²) in [6.07, 6.45) is 1.58. The number of ether oxygens (including phenoxy) is 1. The molecule has 9 heteroatoms. The highest BCUT2D eigenvalue weighted by Gasteiger charge is 2.24. The maximum absolute atomic E-state index is 12.7. The van der Waals surface area contributed by atoms with Crippen molar-refractivity contribution >= 4 is 27.3 Å². The van der Waals surface area contributed by atoms with Gasteiger partial charge in [0.15, 0.2) is 0 Å². The minimum absolute atomic E-state index is 0.0385. The number of carbonyl (C=O) groups excluding carboxylic acids is 1. The van der Waals surface area contributed by atoms with E-state index < -0.39 is 10.0 Å². The molecule has 1 unspecified atom stereocenters. The molecule has 2 aromatic carbocycles. The molecule has 0 spiro atoms. The van der Waals surface area contributed by atoms with Crippen LogP contribution in [0.15, 0.2) is 47.4 Å². The summed E-state index contributed by atoms with van der Waals surface area (Å²) in [4.78, 5) is 12.1. The van der Waals surface area contributed by atoms with Gasteiger partial charge in [0.1, 0.15) is 11.5 Å². The Morgan fingerprint density at radius 2 is 2.00 bits per heavy atom. The molecule has 1 heterocycles. The molecule has 1 aliphatic rings. The highest BCUT2D eigenvalue weighted by Crippen LogP contribution is 2.30. The number of methoxy groups -OCH3 is 1. The third-order valence-corrected chi connectivity index (χ3v) is 5.63. The normalized spacial score (nSPS) is 16.7. The summed E-state index contributed by atoms with van der Waals surface area (Å²) < 4.78 is 33.0. The van der Waals surface area contributed by atoms with Crippen molar-refractivity contribution in [1.29, 1.82) is 0 Å². The zero-order valence-corrected chi connectivity index (χ0v) is 15.5. The van der Waals surface area contributed by atoms with Gasteiger partial charge in [-0.25, -0.2) is 8.42 Å². The molecule has 0 aliphatic carbocycles. The number of para-hydroxylation sites is 2. The number of benzene rings is 2. The topological polar surface area (TPSA) is 117 Å². The molecule has 1 saturated heterocycles.